The predicted octanol–water partition coefficient (Wildman–Crippen LogP) is 13.7. The second-order valence-corrected chi connectivity index (χ2v) is 33.9. The highest BCUT2D eigenvalue weighted by atomic mass is 32.1. The number of nitrogens with one attached hydrogen (secondary N) is 1. The molecule has 0 spiro atoms. The lowest BCUT2D eigenvalue weighted by atomic mass is 9.31. The number of hydrogen-bond acceptors (Lipinski definition) is 8. The smallest absolute Gasteiger partial charge is 0.273 e. The fourth-order valence-electron chi connectivity index (χ4n) is 24.8. The Labute approximate surface area is 516 Å². The van der Waals surface area contributed by atoms with E-state index in [1.165, 1.54) is 200 Å². The van der Waals surface area contributed by atoms with Crippen molar-refractivity contribution in [3.8, 4) is 57.5 Å². The van der Waals surface area contributed by atoms with E-state index in [-0.39, 0.29) is 36.4 Å². The van der Waals surface area contributed by atoms with Crippen LogP contribution in [0.3, 0.4) is 0 Å². The number of anilines is 2. The molecule has 8 heterocycles. The van der Waals surface area contributed by atoms with Gasteiger partial charge in [0.05, 0.1) is 0 Å². The van der Waals surface area contributed by atoms with Gasteiger partial charge in [-0.2, -0.15) is 0 Å². The fourth-order valence-corrected chi connectivity index (χ4v) is 27.3. The Bertz CT molecular complexity index is 4350. The van der Waals surface area contributed by atoms with Gasteiger partial charge in [-0.1, -0.05) is 36.4 Å². The number of fused-ring (bicyclic) bond motifs is 16. The molecule has 9 aromatic rings. The molecule has 12 saturated carbocycles. The molecule has 1 N–H and O–H groups in total. The van der Waals surface area contributed by atoms with Crippen LogP contribution in [-0.4, -0.2) is 20.1 Å². The normalized spacial score (nSPS) is 32.7. The molecule has 0 atom stereocenters. The summed E-state index contributed by atoms with van der Waals surface area (Å²) in [7, 11) is 0. The molecule has 0 saturated heterocycles. The maximum atomic E-state index is 7.63. The summed E-state index contributed by atoms with van der Waals surface area (Å²) in [6.45, 7) is -0.218. The van der Waals surface area contributed by atoms with E-state index in [4.69, 9.17) is 23.7 Å². The highest BCUT2D eigenvalue weighted by molar-refractivity contribution is 7.34. The van der Waals surface area contributed by atoms with Crippen LogP contribution in [0.15, 0.2) is 109 Å². The number of benzene rings is 7. The molecule has 12 fully saturated rings. The standard InChI is InChI=1S/C76H64B3NO5S2/c1-3-7-65-49(5-1)70-72(86-65)78-51-24-52-57(26-55(51)80-56-18-46(19-60(84-70)67(56)78)74-28-37-9-38(29-74)11-39(10-37)30-74)81-61-20-47(75-31-40-12-41(32-75)14-42(13-40)33-75)21-62-68(61)77(52)53-25-54-59(27-58(53)82-62)83-63-22-48(76-34-43-15-44(35-76)17-45(16-43)36-76)23-64-69(63)79(54)73-71(85-64)50-6-2-4-8-66(50)87-73/h1-8,18-27,37-45,80H,9-17,28-36H2. The summed E-state index contributed by atoms with van der Waals surface area (Å²) in [5.74, 6) is 17.3. The molecule has 12 bridgehead atoms. The summed E-state index contributed by atoms with van der Waals surface area (Å²) >= 11 is 3.81. The lowest BCUT2D eigenvalue weighted by molar-refractivity contribution is -0.00542. The highest BCUT2D eigenvalue weighted by Crippen LogP contribution is 2.65. The molecule has 0 amide bonds. The number of rotatable bonds is 3. The van der Waals surface area contributed by atoms with Crippen molar-refractivity contribution < 1.29 is 23.7 Å². The van der Waals surface area contributed by atoms with Crippen LogP contribution in [-0.2, 0) is 16.2 Å². The first-order valence-corrected chi connectivity index (χ1v) is 35.5. The number of thiophene rings is 2. The van der Waals surface area contributed by atoms with E-state index in [9.17, 15) is 0 Å². The predicted molar refractivity (Wildman–Crippen MR) is 353 cm³/mol. The Hall–Kier alpha value is -6.55. The molecule has 6 nitrogen and oxygen atoms in total. The molecular weight excluding hydrogens is 1100 g/mol. The first-order chi connectivity index (χ1) is 42.7. The van der Waals surface area contributed by atoms with E-state index in [0.717, 1.165) is 122 Å². The zero-order chi connectivity index (χ0) is 55.7. The van der Waals surface area contributed by atoms with Gasteiger partial charge < -0.3 is 29.0 Å². The highest BCUT2D eigenvalue weighted by Gasteiger charge is 2.57. The first kappa shape index (κ1) is 47.5. The number of ether oxygens (including phenoxy) is 5. The third kappa shape index (κ3) is 6.15. The first-order valence-electron chi connectivity index (χ1n) is 33.8. The van der Waals surface area contributed by atoms with Crippen LogP contribution >= 0.6 is 22.7 Å². The van der Waals surface area contributed by atoms with Gasteiger partial charge in [0.2, 0.25) is 0 Å². The van der Waals surface area contributed by atoms with Crippen LogP contribution in [0.4, 0.5) is 11.4 Å². The van der Waals surface area contributed by atoms with Crippen molar-refractivity contribution in [1.82, 2.24) is 0 Å². The average Bonchev–Trinajstić information content (AvgIpc) is 2.57. The topological polar surface area (TPSA) is 58.2 Å². The molecule has 0 unspecified atom stereocenters. The lowest BCUT2D eigenvalue weighted by Gasteiger charge is -2.57. The Morgan fingerprint density at radius 2 is 0.690 bits per heavy atom. The third-order valence-corrected chi connectivity index (χ3v) is 29.2. The molecule has 7 aromatic carbocycles. The monoisotopic (exact) mass is 1170 g/mol. The van der Waals surface area contributed by atoms with Crippen molar-refractivity contribution in [2.75, 3.05) is 5.32 Å². The zero-order valence-electron chi connectivity index (χ0n) is 48.9. The quantitative estimate of drug-likeness (QED) is 0.178. The van der Waals surface area contributed by atoms with Crippen molar-refractivity contribution >= 4 is 122 Å². The molecule has 424 valence electrons. The maximum Gasteiger partial charge on any atom is 0.273 e. The molecule has 0 radical (unpaired) electrons. The summed E-state index contributed by atoms with van der Waals surface area (Å²) in [4.78, 5) is 0. The molecule has 6 aliphatic heterocycles. The Morgan fingerprint density at radius 3 is 1.15 bits per heavy atom. The van der Waals surface area contributed by atoms with Crippen LogP contribution in [0.5, 0.6) is 57.5 Å². The van der Waals surface area contributed by atoms with Gasteiger partial charge in [-0.15, -0.1) is 22.7 Å². The summed E-state index contributed by atoms with van der Waals surface area (Å²) in [5.41, 5.74) is 15.8. The molecule has 11 heteroatoms. The minimum atomic E-state index is -0.148. The SMILES string of the molecule is c1ccc2c3c(sc2c1)B1c2cc4c(cc2Nc2cc(C56CC7CC(CC(C7)C5)C6)cc(c21)O3)Oc1cc(C23CC5CC(CC(C5)C2)C3)cc2c1B4c1cc3c(cc1O2)Oc1cc(C24CC5CC(CC(C5)C2)C4)cc2c1B3c1sc3ccccc3c1O2. The van der Waals surface area contributed by atoms with Crippen LogP contribution in [0.25, 0.3) is 20.2 Å². The Balaban J connectivity index is 0.714. The minimum absolute atomic E-state index is 0.00875. The number of hydrogen-bond donors (Lipinski definition) is 1. The third-order valence-electron chi connectivity index (χ3n) is 26.8. The van der Waals surface area contributed by atoms with Crippen LogP contribution in [0.2, 0.25) is 0 Å². The van der Waals surface area contributed by atoms with Crippen LogP contribution in [0.1, 0.15) is 132 Å². The summed E-state index contributed by atoms with van der Waals surface area (Å²) < 4.78 is 42.6. The largest absolute Gasteiger partial charge is 0.458 e. The summed E-state index contributed by atoms with van der Waals surface area (Å²) in [6.07, 6.45) is 24.4. The van der Waals surface area contributed by atoms with Crippen molar-refractivity contribution in [2.45, 2.75) is 132 Å². The van der Waals surface area contributed by atoms with Crippen molar-refractivity contribution in [1.29, 1.82) is 0 Å². The second kappa shape index (κ2) is 15.9. The van der Waals surface area contributed by atoms with E-state index in [2.05, 4.69) is 115 Å². The van der Waals surface area contributed by atoms with Gasteiger partial charge >= 0.3 is 0 Å². The van der Waals surface area contributed by atoms with E-state index in [1.807, 2.05) is 22.7 Å². The molecule has 12 aliphatic carbocycles. The minimum Gasteiger partial charge on any atom is -0.458 e. The van der Waals surface area contributed by atoms with E-state index in [1.54, 1.807) is 0 Å². The average molecular weight is 1170 g/mol. The van der Waals surface area contributed by atoms with Crippen molar-refractivity contribution in [2.24, 2.45) is 53.3 Å². The van der Waals surface area contributed by atoms with Gasteiger partial charge in [0.1, 0.15) is 57.5 Å². The molecular formula is C76H64B3NO5S2. The van der Waals surface area contributed by atoms with Gasteiger partial charge in [-0.3, -0.25) is 0 Å². The fraction of sp³-hybridized carbons (Fsp3) is 0.395. The van der Waals surface area contributed by atoms with E-state index in [0.29, 0.717) is 0 Å². The second-order valence-electron chi connectivity index (χ2n) is 31.7. The lowest BCUT2D eigenvalue weighted by Crippen LogP contribution is -2.63. The van der Waals surface area contributed by atoms with Gasteiger partial charge in [-0.05, 0) is 290 Å². The summed E-state index contributed by atoms with van der Waals surface area (Å²) in [5, 5.41) is 6.62. The van der Waals surface area contributed by atoms with Gasteiger partial charge in [0, 0.05) is 64.2 Å². The molecule has 27 rings (SSSR count). The van der Waals surface area contributed by atoms with Crippen molar-refractivity contribution in [3.05, 3.63) is 126 Å². The summed E-state index contributed by atoms with van der Waals surface area (Å²) in [6, 6.07) is 42.8. The van der Waals surface area contributed by atoms with Gasteiger partial charge in [0.15, 0.2) is 0 Å². The van der Waals surface area contributed by atoms with Crippen LogP contribution < -0.4 is 76.8 Å². The Kier molecular flexibility index (Phi) is 8.67. The maximum absolute atomic E-state index is 7.63. The van der Waals surface area contributed by atoms with Gasteiger partial charge in [-0.25, -0.2) is 0 Å². The van der Waals surface area contributed by atoms with Gasteiger partial charge in [0.25, 0.3) is 20.1 Å². The Morgan fingerprint density at radius 1 is 0.333 bits per heavy atom. The van der Waals surface area contributed by atoms with E-state index >= 15 is 0 Å². The van der Waals surface area contributed by atoms with E-state index < -0.39 is 0 Å². The van der Waals surface area contributed by atoms with Crippen molar-refractivity contribution in [3.63, 3.8) is 0 Å². The molecule has 87 heavy (non-hydrogen) atoms. The zero-order valence-corrected chi connectivity index (χ0v) is 50.5. The van der Waals surface area contributed by atoms with Crippen LogP contribution in [0, 0.1) is 53.3 Å². The molecule has 18 aliphatic rings. The molecule has 2 aromatic heterocycles.